The second kappa shape index (κ2) is 5.93. The summed E-state index contributed by atoms with van der Waals surface area (Å²) in [7, 11) is 1.50. The van der Waals surface area contributed by atoms with Crippen molar-refractivity contribution in [1.29, 1.82) is 0 Å². The van der Waals surface area contributed by atoms with Gasteiger partial charge in [0.25, 0.3) is 0 Å². The van der Waals surface area contributed by atoms with E-state index in [0.717, 1.165) is 0 Å². The molecule has 0 bridgehead atoms. The number of carbonyl (C=O) groups is 1. The van der Waals surface area contributed by atoms with Crippen LogP contribution in [0.4, 0.5) is 0 Å². The average molecular weight is 177 g/mol. The third-order valence-electron chi connectivity index (χ3n) is 1.32. The highest BCUT2D eigenvalue weighted by molar-refractivity contribution is 5.76. The molecule has 12 heavy (non-hydrogen) atoms. The van der Waals surface area contributed by atoms with Crippen molar-refractivity contribution in [2.24, 2.45) is 5.73 Å². The molecule has 0 radical (unpaired) electrons. The van der Waals surface area contributed by atoms with E-state index in [4.69, 9.17) is 10.8 Å². The lowest BCUT2D eigenvalue weighted by atomic mass is 10.2. The molecule has 0 aromatic heterocycles. The molecule has 2 unspecified atom stereocenters. The van der Waals surface area contributed by atoms with Crippen LogP contribution in [0.2, 0.25) is 0 Å². The van der Waals surface area contributed by atoms with Crippen LogP contribution in [0.15, 0.2) is 0 Å². The number of nitrogens with two attached hydrogens (primary N) is 1. The molecule has 0 amide bonds. The summed E-state index contributed by atoms with van der Waals surface area (Å²) in [6.07, 6.45) is -0.889. The Hall–Kier alpha value is -0.650. The maximum absolute atomic E-state index is 10.9. The number of aliphatic hydroxyl groups is 1. The summed E-state index contributed by atoms with van der Waals surface area (Å²) in [6, 6.07) is -0.971. The van der Waals surface area contributed by atoms with Crippen molar-refractivity contribution in [3.8, 4) is 0 Å². The summed E-state index contributed by atoms with van der Waals surface area (Å²) in [4.78, 5) is 10.9. The zero-order valence-corrected chi connectivity index (χ0v) is 7.32. The van der Waals surface area contributed by atoms with Gasteiger partial charge in [-0.15, -0.1) is 0 Å². The second-order valence-electron chi connectivity index (χ2n) is 2.43. The molecule has 0 heterocycles. The Bertz CT molecular complexity index is 137. The lowest BCUT2D eigenvalue weighted by Crippen LogP contribution is -2.41. The van der Waals surface area contributed by atoms with E-state index >= 15 is 0 Å². The maximum atomic E-state index is 10.9. The van der Waals surface area contributed by atoms with Crippen LogP contribution in [0.5, 0.6) is 0 Å². The van der Waals surface area contributed by atoms with Crippen molar-refractivity contribution in [3.05, 3.63) is 0 Å². The van der Waals surface area contributed by atoms with Gasteiger partial charge in [-0.3, -0.25) is 4.79 Å². The molecule has 0 saturated heterocycles. The van der Waals surface area contributed by atoms with Crippen LogP contribution in [0.25, 0.3) is 0 Å². The Labute approximate surface area is 71.5 Å². The molecule has 2 atom stereocenters. The Morgan fingerprint density at radius 2 is 2.17 bits per heavy atom. The van der Waals surface area contributed by atoms with E-state index in [2.05, 4.69) is 9.47 Å². The Balaban J connectivity index is 3.57. The second-order valence-corrected chi connectivity index (χ2v) is 2.43. The van der Waals surface area contributed by atoms with Crippen LogP contribution in [-0.4, -0.2) is 43.5 Å². The Kier molecular flexibility index (Phi) is 5.61. The van der Waals surface area contributed by atoms with Crippen molar-refractivity contribution in [3.63, 3.8) is 0 Å². The molecule has 3 N–H and O–H groups in total. The number of methoxy groups -OCH3 is 1. The van der Waals surface area contributed by atoms with Crippen LogP contribution < -0.4 is 5.73 Å². The van der Waals surface area contributed by atoms with E-state index in [0.29, 0.717) is 6.61 Å². The number of hydrogen-bond acceptors (Lipinski definition) is 5. The van der Waals surface area contributed by atoms with Gasteiger partial charge in [-0.1, -0.05) is 0 Å². The fourth-order valence-corrected chi connectivity index (χ4v) is 0.519. The van der Waals surface area contributed by atoms with E-state index < -0.39 is 18.1 Å². The SMILES string of the molecule is COCCOC(=O)C(N)C(C)O. The van der Waals surface area contributed by atoms with Crippen molar-refractivity contribution in [1.82, 2.24) is 0 Å². The molecule has 5 heteroatoms. The molecule has 0 rings (SSSR count). The zero-order chi connectivity index (χ0) is 9.56. The number of rotatable bonds is 5. The minimum Gasteiger partial charge on any atom is -0.462 e. The first-order chi connectivity index (χ1) is 5.59. The first-order valence-electron chi connectivity index (χ1n) is 3.68. The van der Waals surface area contributed by atoms with Crippen LogP contribution >= 0.6 is 0 Å². The molecule has 0 saturated carbocycles. The smallest absolute Gasteiger partial charge is 0.325 e. The molecule has 0 aromatic carbocycles. The normalized spacial score (nSPS) is 15.3. The summed E-state index contributed by atoms with van der Waals surface area (Å²) in [5.74, 6) is -0.609. The molecular formula is C7H15NO4. The predicted molar refractivity (Wildman–Crippen MR) is 42.5 cm³/mol. The minimum absolute atomic E-state index is 0.162. The number of aliphatic hydroxyl groups excluding tert-OH is 1. The molecule has 0 aromatic rings. The fourth-order valence-electron chi connectivity index (χ4n) is 0.519. The van der Waals surface area contributed by atoms with E-state index in [1.165, 1.54) is 14.0 Å². The number of hydrogen-bond donors (Lipinski definition) is 2. The van der Waals surface area contributed by atoms with Crippen LogP contribution in [0.1, 0.15) is 6.92 Å². The van der Waals surface area contributed by atoms with Gasteiger partial charge in [-0.2, -0.15) is 0 Å². The fraction of sp³-hybridized carbons (Fsp3) is 0.857. The molecule has 5 nitrogen and oxygen atoms in total. The monoisotopic (exact) mass is 177 g/mol. The van der Waals surface area contributed by atoms with Crippen molar-refractivity contribution in [2.75, 3.05) is 20.3 Å². The van der Waals surface area contributed by atoms with Gasteiger partial charge in [0.2, 0.25) is 0 Å². The summed E-state index contributed by atoms with van der Waals surface area (Å²) >= 11 is 0. The molecule has 72 valence electrons. The molecule has 0 aliphatic heterocycles. The molecular weight excluding hydrogens is 162 g/mol. The van der Waals surface area contributed by atoms with E-state index in [9.17, 15) is 4.79 Å². The van der Waals surface area contributed by atoms with Gasteiger partial charge in [0.15, 0.2) is 0 Å². The van der Waals surface area contributed by atoms with E-state index in [1.807, 2.05) is 0 Å². The van der Waals surface area contributed by atoms with Crippen molar-refractivity contribution >= 4 is 5.97 Å². The highest BCUT2D eigenvalue weighted by atomic mass is 16.6. The summed E-state index contributed by atoms with van der Waals surface area (Å²) < 4.78 is 9.31. The predicted octanol–water partition coefficient (Wildman–Crippen LogP) is -1.12. The first kappa shape index (κ1) is 11.4. The van der Waals surface area contributed by atoms with Crippen LogP contribution in [0, 0.1) is 0 Å². The minimum atomic E-state index is -0.971. The summed E-state index contributed by atoms with van der Waals surface area (Å²) in [6.45, 7) is 1.93. The third-order valence-corrected chi connectivity index (χ3v) is 1.32. The zero-order valence-electron chi connectivity index (χ0n) is 7.32. The van der Waals surface area contributed by atoms with Crippen molar-refractivity contribution in [2.45, 2.75) is 19.1 Å². The largest absolute Gasteiger partial charge is 0.462 e. The summed E-state index contributed by atoms with van der Waals surface area (Å²) in [5, 5.41) is 8.89. The third kappa shape index (κ3) is 4.27. The van der Waals surface area contributed by atoms with Gasteiger partial charge in [-0.25, -0.2) is 0 Å². The highest BCUT2D eigenvalue weighted by Crippen LogP contribution is 1.92. The molecule has 0 aliphatic rings. The van der Waals surface area contributed by atoms with Gasteiger partial charge >= 0.3 is 5.97 Å². The van der Waals surface area contributed by atoms with E-state index in [-0.39, 0.29) is 6.61 Å². The number of esters is 1. The Morgan fingerprint density at radius 1 is 1.58 bits per heavy atom. The van der Waals surface area contributed by atoms with Gasteiger partial charge in [0.05, 0.1) is 12.7 Å². The lowest BCUT2D eigenvalue weighted by molar-refractivity contribution is -0.148. The first-order valence-corrected chi connectivity index (χ1v) is 3.68. The number of ether oxygens (including phenoxy) is 2. The molecule has 0 spiro atoms. The quantitative estimate of drug-likeness (QED) is 0.411. The summed E-state index contributed by atoms with van der Waals surface area (Å²) in [5.41, 5.74) is 5.28. The van der Waals surface area contributed by atoms with Crippen LogP contribution in [0.3, 0.4) is 0 Å². The topological polar surface area (TPSA) is 81.8 Å². The van der Waals surface area contributed by atoms with Gasteiger partial charge in [0, 0.05) is 7.11 Å². The average Bonchev–Trinajstić information content (AvgIpc) is 2.03. The van der Waals surface area contributed by atoms with E-state index in [1.54, 1.807) is 0 Å². The van der Waals surface area contributed by atoms with Gasteiger partial charge in [-0.05, 0) is 6.92 Å². The lowest BCUT2D eigenvalue weighted by Gasteiger charge is -2.13. The number of carbonyl (C=O) groups excluding carboxylic acids is 1. The van der Waals surface area contributed by atoms with Crippen LogP contribution in [-0.2, 0) is 14.3 Å². The van der Waals surface area contributed by atoms with Crippen molar-refractivity contribution < 1.29 is 19.4 Å². The molecule has 0 fully saturated rings. The molecule has 0 aliphatic carbocycles. The van der Waals surface area contributed by atoms with Gasteiger partial charge < -0.3 is 20.3 Å². The highest BCUT2D eigenvalue weighted by Gasteiger charge is 2.19. The van der Waals surface area contributed by atoms with Gasteiger partial charge in [0.1, 0.15) is 12.6 Å². The maximum Gasteiger partial charge on any atom is 0.325 e. The Morgan fingerprint density at radius 3 is 2.58 bits per heavy atom. The standard InChI is InChI=1S/C7H15NO4/c1-5(9)6(8)7(10)12-4-3-11-2/h5-6,9H,3-4,8H2,1-2H3.